The third kappa shape index (κ3) is 3.38. The van der Waals surface area contributed by atoms with Gasteiger partial charge in [-0.2, -0.15) is 0 Å². The molecule has 0 saturated heterocycles. The number of rotatable bonds is 4. The summed E-state index contributed by atoms with van der Waals surface area (Å²) in [6.45, 7) is 4.82. The van der Waals surface area contributed by atoms with Gasteiger partial charge in [0.05, 0.1) is 16.3 Å². The fraction of sp³-hybridized carbons (Fsp3) is 0.182. The molecule has 0 unspecified atom stereocenters. The Morgan fingerprint density at radius 2 is 1.85 bits per heavy atom. The van der Waals surface area contributed by atoms with Gasteiger partial charge in [-0.3, -0.25) is 9.56 Å². The van der Waals surface area contributed by atoms with Gasteiger partial charge < -0.3 is 5.11 Å². The second kappa shape index (κ2) is 7.37. The van der Waals surface area contributed by atoms with Crippen molar-refractivity contribution in [3.63, 3.8) is 0 Å². The van der Waals surface area contributed by atoms with E-state index in [-0.39, 0.29) is 5.88 Å². The van der Waals surface area contributed by atoms with Crippen LogP contribution in [0.5, 0.6) is 5.88 Å². The van der Waals surface area contributed by atoms with Gasteiger partial charge in [-0.05, 0) is 37.6 Å². The quantitative estimate of drug-likeness (QED) is 0.639. The molecule has 0 bridgehead atoms. The van der Waals surface area contributed by atoms with Gasteiger partial charge in [0.15, 0.2) is 4.80 Å². The fourth-order valence-electron chi connectivity index (χ4n) is 3.19. The average Bonchev–Trinajstić information content (AvgIpc) is 3.15. The molecule has 0 atom stereocenters. The second-order valence-electron chi connectivity index (χ2n) is 6.44. The number of thiazole rings is 1. The van der Waals surface area contributed by atoms with Gasteiger partial charge in [0, 0.05) is 23.4 Å². The van der Waals surface area contributed by atoms with Crippen LogP contribution in [0.15, 0.2) is 64.6 Å². The maximum Gasteiger partial charge on any atom is 0.211 e. The molecule has 0 amide bonds. The SMILES string of the molecule is CCCn1c(O)c(/C=C2/C(C)=Nc3ccccc32)sc1=Nc1ccccc1. The number of aliphatic imine (C=N–C) groups is 1. The van der Waals surface area contributed by atoms with E-state index in [4.69, 9.17) is 4.99 Å². The molecular formula is C22H21N3OS. The summed E-state index contributed by atoms with van der Waals surface area (Å²) in [5, 5.41) is 10.8. The zero-order valence-electron chi connectivity index (χ0n) is 15.4. The van der Waals surface area contributed by atoms with E-state index in [1.54, 1.807) is 0 Å². The van der Waals surface area contributed by atoms with E-state index in [9.17, 15) is 5.11 Å². The van der Waals surface area contributed by atoms with Gasteiger partial charge in [0.1, 0.15) is 0 Å². The molecule has 4 rings (SSSR count). The summed E-state index contributed by atoms with van der Waals surface area (Å²) in [5.41, 5.74) is 4.98. The monoisotopic (exact) mass is 375 g/mol. The lowest BCUT2D eigenvalue weighted by Gasteiger charge is -2.03. The Hall–Kier alpha value is -2.92. The molecule has 5 heteroatoms. The number of aromatic hydroxyl groups is 1. The van der Waals surface area contributed by atoms with Crippen molar-refractivity contribution in [2.45, 2.75) is 26.8 Å². The minimum Gasteiger partial charge on any atom is -0.493 e. The Kier molecular flexibility index (Phi) is 4.77. The van der Waals surface area contributed by atoms with Crippen molar-refractivity contribution in [3.05, 3.63) is 69.8 Å². The first-order valence-electron chi connectivity index (χ1n) is 9.06. The number of hydrogen-bond acceptors (Lipinski definition) is 4. The highest BCUT2D eigenvalue weighted by atomic mass is 32.1. The van der Waals surface area contributed by atoms with Crippen LogP contribution in [0.3, 0.4) is 0 Å². The van der Waals surface area contributed by atoms with Crippen LogP contribution in [-0.4, -0.2) is 15.4 Å². The van der Waals surface area contributed by atoms with Crippen molar-refractivity contribution in [1.82, 2.24) is 4.57 Å². The Labute approximate surface area is 162 Å². The van der Waals surface area contributed by atoms with Crippen LogP contribution in [0.2, 0.25) is 0 Å². The van der Waals surface area contributed by atoms with Crippen LogP contribution in [-0.2, 0) is 6.54 Å². The van der Waals surface area contributed by atoms with E-state index in [2.05, 4.69) is 18.0 Å². The molecule has 27 heavy (non-hydrogen) atoms. The molecule has 1 aromatic heterocycles. The summed E-state index contributed by atoms with van der Waals surface area (Å²) < 4.78 is 1.89. The normalized spacial score (nSPS) is 15.3. The van der Waals surface area contributed by atoms with Gasteiger partial charge in [-0.15, -0.1) is 0 Å². The van der Waals surface area contributed by atoms with Crippen molar-refractivity contribution >= 4 is 40.1 Å². The largest absolute Gasteiger partial charge is 0.493 e. The molecular weight excluding hydrogens is 354 g/mol. The number of benzene rings is 2. The molecule has 136 valence electrons. The number of fused-ring (bicyclic) bond motifs is 1. The highest BCUT2D eigenvalue weighted by Crippen LogP contribution is 2.37. The third-order valence-electron chi connectivity index (χ3n) is 4.48. The standard InChI is InChI=1S/C22H21N3OS/c1-3-13-25-21(26)20(27-22(25)24-16-9-5-4-6-10-16)14-18-15(2)23-19-12-8-7-11-17(18)19/h4-12,14,26H,3,13H2,1-2H3/b18-14-,24-22?. The first-order chi connectivity index (χ1) is 13.2. The predicted octanol–water partition coefficient (Wildman–Crippen LogP) is 5.54. The smallest absolute Gasteiger partial charge is 0.211 e. The number of nitrogens with zero attached hydrogens (tertiary/aromatic N) is 3. The van der Waals surface area contributed by atoms with Crippen LogP contribution >= 0.6 is 11.3 Å². The summed E-state index contributed by atoms with van der Waals surface area (Å²) in [4.78, 5) is 11.0. The van der Waals surface area contributed by atoms with Crippen molar-refractivity contribution in [2.75, 3.05) is 0 Å². The lowest BCUT2D eigenvalue weighted by atomic mass is 10.0. The van der Waals surface area contributed by atoms with E-state index >= 15 is 0 Å². The number of para-hydroxylation sites is 2. The van der Waals surface area contributed by atoms with Crippen molar-refractivity contribution < 1.29 is 5.11 Å². The molecule has 3 aromatic rings. The molecule has 1 N–H and O–H groups in total. The van der Waals surface area contributed by atoms with E-state index in [0.29, 0.717) is 0 Å². The average molecular weight is 375 g/mol. The highest BCUT2D eigenvalue weighted by molar-refractivity contribution is 7.10. The number of hydrogen-bond donors (Lipinski definition) is 1. The number of allylic oxidation sites excluding steroid dienone is 1. The molecule has 4 nitrogen and oxygen atoms in total. The molecule has 0 radical (unpaired) electrons. The first-order valence-corrected chi connectivity index (χ1v) is 9.88. The molecule has 0 aliphatic carbocycles. The Bertz CT molecular complexity index is 1100. The van der Waals surface area contributed by atoms with Crippen molar-refractivity contribution in [2.24, 2.45) is 9.98 Å². The van der Waals surface area contributed by atoms with Gasteiger partial charge in [-0.1, -0.05) is 54.7 Å². The van der Waals surface area contributed by atoms with Gasteiger partial charge in [-0.25, -0.2) is 4.99 Å². The Morgan fingerprint density at radius 3 is 2.63 bits per heavy atom. The van der Waals surface area contributed by atoms with Gasteiger partial charge >= 0.3 is 0 Å². The van der Waals surface area contributed by atoms with E-state index in [1.807, 2.05) is 66.1 Å². The zero-order valence-corrected chi connectivity index (χ0v) is 16.2. The summed E-state index contributed by atoms with van der Waals surface area (Å²) in [6.07, 6.45) is 2.95. The van der Waals surface area contributed by atoms with Crippen LogP contribution in [0.1, 0.15) is 30.7 Å². The highest BCUT2D eigenvalue weighted by Gasteiger charge is 2.19. The van der Waals surface area contributed by atoms with Crippen molar-refractivity contribution in [3.8, 4) is 5.88 Å². The molecule has 0 spiro atoms. The third-order valence-corrected chi connectivity index (χ3v) is 5.50. The lowest BCUT2D eigenvalue weighted by Crippen LogP contribution is -2.13. The van der Waals surface area contributed by atoms with Gasteiger partial charge in [0.2, 0.25) is 5.88 Å². The minimum atomic E-state index is 0.265. The van der Waals surface area contributed by atoms with Crippen LogP contribution in [0.25, 0.3) is 11.6 Å². The summed E-state index contributed by atoms with van der Waals surface area (Å²) in [7, 11) is 0. The minimum absolute atomic E-state index is 0.265. The molecule has 2 heterocycles. The summed E-state index contributed by atoms with van der Waals surface area (Å²) >= 11 is 1.50. The van der Waals surface area contributed by atoms with E-state index < -0.39 is 0 Å². The summed E-state index contributed by atoms with van der Waals surface area (Å²) in [6, 6.07) is 17.9. The van der Waals surface area contributed by atoms with Crippen LogP contribution in [0, 0.1) is 0 Å². The topological polar surface area (TPSA) is 49.9 Å². The Balaban J connectivity index is 1.85. The lowest BCUT2D eigenvalue weighted by molar-refractivity contribution is 0.409. The van der Waals surface area contributed by atoms with Crippen LogP contribution < -0.4 is 4.80 Å². The fourth-order valence-corrected chi connectivity index (χ4v) is 4.20. The maximum absolute atomic E-state index is 10.8. The van der Waals surface area contributed by atoms with Crippen molar-refractivity contribution in [1.29, 1.82) is 0 Å². The molecule has 0 fully saturated rings. The van der Waals surface area contributed by atoms with Crippen LogP contribution in [0.4, 0.5) is 11.4 Å². The second-order valence-corrected chi connectivity index (χ2v) is 7.45. The Morgan fingerprint density at radius 1 is 1.11 bits per heavy atom. The predicted molar refractivity (Wildman–Crippen MR) is 113 cm³/mol. The van der Waals surface area contributed by atoms with E-state index in [0.717, 1.165) is 50.9 Å². The molecule has 0 saturated carbocycles. The molecule has 1 aliphatic rings. The summed E-state index contributed by atoms with van der Waals surface area (Å²) in [5.74, 6) is 0.265. The molecule has 2 aromatic carbocycles. The maximum atomic E-state index is 10.8. The zero-order chi connectivity index (χ0) is 18.8. The van der Waals surface area contributed by atoms with E-state index in [1.165, 1.54) is 11.3 Å². The molecule has 1 aliphatic heterocycles. The number of aromatic nitrogens is 1. The first kappa shape index (κ1) is 17.5. The van der Waals surface area contributed by atoms with Gasteiger partial charge in [0.25, 0.3) is 0 Å².